The van der Waals surface area contributed by atoms with Crippen LogP contribution in [0.5, 0.6) is 0 Å². The molecule has 0 saturated carbocycles. The molecule has 0 radical (unpaired) electrons. The highest BCUT2D eigenvalue weighted by Crippen LogP contribution is 2.40. The fourth-order valence-electron chi connectivity index (χ4n) is 4.81. The van der Waals surface area contributed by atoms with Crippen molar-refractivity contribution >= 4 is 18.3 Å². The number of fused-ring (bicyclic) bond motifs is 1. The van der Waals surface area contributed by atoms with Crippen molar-refractivity contribution in [2.75, 3.05) is 19.6 Å². The molecule has 2 aromatic rings. The first-order valence-corrected chi connectivity index (χ1v) is 9.72. The van der Waals surface area contributed by atoms with Gasteiger partial charge in [-0.1, -0.05) is 61.5 Å². The van der Waals surface area contributed by atoms with Crippen LogP contribution in [-0.4, -0.2) is 30.4 Å². The molecule has 0 bridgehead atoms. The summed E-state index contributed by atoms with van der Waals surface area (Å²) in [5.74, 6) is 1.01. The van der Waals surface area contributed by atoms with Gasteiger partial charge in [0.1, 0.15) is 0 Å². The van der Waals surface area contributed by atoms with Crippen molar-refractivity contribution in [1.82, 2.24) is 4.90 Å². The highest BCUT2D eigenvalue weighted by atomic mass is 35.5. The number of carbonyl (C=O) groups is 1. The van der Waals surface area contributed by atoms with Gasteiger partial charge < -0.3 is 10.6 Å². The van der Waals surface area contributed by atoms with E-state index in [0.29, 0.717) is 24.3 Å². The van der Waals surface area contributed by atoms with Gasteiger partial charge in [0.2, 0.25) is 5.91 Å². The van der Waals surface area contributed by atoms with E-state index in [1.807, 2.05) is 6.07 Å². The van der Waals surface area contributed by atoms with Gasteiger partial charge in [-0.2, -0.15) is 0 Å². The molecule has 2 N–H and O–H groups in total. The lowest BCUT2D eigenvalue weighted by atomic mass is 9.72. The molecular formula is C23H29ClN2O. The molecule has 1 aliphatic heterocycles. The first-order valence-electron chi connectivity index (χ1n) is 9.72. The molecule has 2 aromatic carbocycles. The molecule has 27 heavy (non-hydrogen) atoms. The van der Waals surface area contributed by atoms with Gasteiger partial charge >= 0.3 is 0 Å². The molecule has 144 valence electrons. The minimum Gasteiger partial charge on any atom is -0.341 e. The first-order chi connectivity index (χ1) is 12.6. The molecule has 1 saturated heterocycles. The Morgan fingerprint density at radius 1 is 1.07 bits per heavy atom. The van der Waals surface area contributed by atoms with Crippen LogP contribution in [0.3, 0.4) is 0 Å². The zero-order valence-electron chi connectivity index (χ0n) is 15.9. The number of aryl methyl sites for hydroxylation is 1. The third-order valence-electron chi connectivity index (χ3n) is 6.42. The molecule has 4 rings (SSSR count). The minimum atomic E-state index is -0.293. The largest absolute Gasteiger partial charge is 0.341 e. The molecule has 4 heteroatoms. The van der Waals surface area contributed by atoms with Crippen LogP contribution in [-0.2, 0) is 17.6 Å². The number of likely N-dealkylation sites (tertiary alicyclic amines) is 1. The number of carbonyl (C=O) groups excluding carboxylic acids is 1. The summed E-state index contributed by atoms with van der Waals surface area (Å²) in [4.78, 5) is 15.5. The molecule has 2 aliphatic rings. The van der Waals surface area contributed by atoms with Crippen molar-refractivity contribution in [2.45, 2.75) is 32.1 Å². The highest BCUT2D eigenvalue weighted by Gasteiger charge is 2.43. The minimum absolute atomic E-state index is 0. The Hall–Kier alpha value is -1.84. The van der Waals surface area contributed by atoms with Gasteiger partial charge in [0.05, 0.1) is 5.41 Å². The van der Waals surface area contributed by atoms with Crippen LogP contribution in [0.1, 0.15) is 36.0 Å². The predicted molar refractivity (Wildman–Crippen MR) is 112 cm³/mol. The summed E-state index contributed by atoms with van der Waals surface area (Å²) in [6.07, 6.45) is 2.78. The van der Waals surface area contributed by atoms with Crippen LogP contribution in [0.2, 0.25) is 0 Å². The third kappa shape index (κ3) is 3.76. The van der Waals surface area contributed by atoms with Crippen LogP contribution in [0, 0.1) is 11.3 Å². The van der Waals surface area contributed by atoms with Crippen molar-refractivity contribution < 1.29 is 4.79 Å². The number of benzene rings is 2. The quantitative estimate of drug-likeness (QED) is 0.874. The summed E-state index contributed by atoms with van der Waals surface area (Å²) in [6, 6.07) is 19.1. The van der Waals surface area contributed by atoms with E-state index < -0.39 is 0 Å². The van der Waals surface area contributed by atoms with Gasteiger partial charge in [-0.15, -0.1) is 12.4 Å². The lowest BCUT2D eigenvalue weighted by molar-refractivity contribution is -0.141. The van der Waals surface area contributed by atoms with Crippen LogP contribution in [0.4, 0.5) is 0 Å². The van der Waals surface area contributed by atoms with Crippen molar-refractivity contribution in [2.24, 2.45) is 17.1 Å². The van der Waals surface area contributed by atoms with Gasteiger partial charge in [-0.3, -0.25) is 4.79 Å². The maximum atomic E-state index is 13.5. The third-order valence-corrected chi connectivity index (χ3v) is 6.42. The molecule has 1 amide bonds. The van der Waals surface area contributed by atoms with Crippen LogP contribution < -0.4 is 5.73 Å². The number of nitrogens with two attached hydrogens (primary N) is 1. The smallest absolute Gasteiger partial charge is 0.228 e. The second kappa shape index (κ2) is 8.04. The summed E-state index contributed by atoms with van der Waals surface area (Å²) < 4.78 is 0. The van der Waals surface area contributed by atoms with E-state index in [4.69, 9.17) is 5.73 Å². The van der Waals surface area contributed by atoms with E-state index in [1.165, 1.54) is 16.7 Å². The lowest BCUT2D eigenvalue weighted by Crippen LogP contribution is -2.44. The van der Waals surface area contributed by atoms with E-state index in [1.54, 1.807) is 0 Å². The summed E-state index contributed by atoms with van der Waals surface area (Å²) in [6.45, 7) is 4.36. The van der Waals surface area contributed by atoms with E-state index >= 15 is 0 Å². The van der Waals surface area contributed by atoms with Gasteiger partial charge in [0.25, 0.3) is 0 Å². The fraction of sp³-hybridized carbons (Fsp3) is 0.435. The summed E-state index contributed by atoms with van der Waals surface area (Å²) in [5.41, 5.74) is 9.81. The maximum Gasteiger partial charge on any atom is 0.228 e. The number of halogens is 1. The van der Waals surface area contributed by atoms with Gasteiger partial charge in [-0.25, -0.2) is 0 Å². The van der Waals surface area contributed by atoms with Crippen LogP contribution in [0.15, 0.2) is 54.6 Å². The second-order valence-electron chi connectivity index (χ2n) is 8.23. The molecule has 1 heterocycles. The molecular weight excluding hydrogens is 356 g/mol. The Balaban J connectivity index is 0.00000210. The number of rotatable bonds is 3. The number of nitrogens with zero attached hydrogens (tertiary/aromatic N) is 1. The first kappa shape index (κ1) is 19.9. The number of hydrogen-bond acceptors (Lipinski definition) is 2. The average Bonchev–Trinajstić information content (AvgIpc) is 3.12. The topological polar surface area (TPSA) is 46.3 Å². The van der Waals surface area contributed by atoms with E-state index in [-0.39, 0.29) is 17.8 Å². The van der Waals surface area contributed by atoms with E-state index in [9.17, 15) is 4.79 Å². The Morgan fingerprint density at radius 2 is 1.74 bits per heavy atom. The Morgan fingerprint density at radius 3 is 2.44 bits per heavy atom. The normalized spacial score (nSPS) is 27.0. The van der Waals surface area contributed by atoms with Crippen molar-refractivity contribution in [3.63, 3.8) is 0 Å². The Labute approximate surface area is 168 Å². The zero-order valence-corrected chi connectivity index (χ0v) is 16.8. The van der Waals surface area contributed by atoms with Crippen molar-refractivity contribution in [1.29, 1.82) is 0 Å². The zero-order chi connectivity index (χ0) is 18.1. The molecule has 3 nitrogen and oxygen atoms in total. The highest BCUT2D eigenvalue weighted by molar-refractivity contribution is 5.85. The molecule has 1 fully saturated rings. The van der Waals surface area contributed by atoms with E-state index in [0.717, 1.165) is 32.4 Å². The molecule has 3 atom stereocenters. The summed E-state index contributed by atoms with van der Waals surface area (Å²) >= 11 is 0. The monoisotopic (exact) mass is 384 g/mol. The van der Waals surface area contributed by atoms with Crippen molar-refractivity contribution in [3.8, 4) is 0 Å². The number of amides is 1. The second-order valence-corrected chi connectivity index (χ2v) is 8.23. The van der Waals surface area contributed by atoms with Gasteiger partial charge in [0, 0.05) is 19.0 Å². The summed E-state index contributed by atoms with van der Waals surface area (Å²) in [7, 11) is 0. The Kier molecular flexibility index (Phi) is 5.92. The SMILES string of the molecule is CC1(C(=O)N2C[C@@H](CN)[C@H](c3ccccc3)C2)CCc2ccccc2C1.Cl. The molecule has 1 unspecified atom stereocenters. The van der Waals surface area contributed by atoms with E-state index in [2.05, 4.69) is 60.4 Å². The van der Waals surface area contributed by atoms with Crippen molar-refractivity contribution in [3.05, 3.63) is 71.3 Å². The number of hydrogen-bond donors (Lipinski definition) is 1. The summed E-state index contributed by atoms with van der Waals surface area (Å²) in [5, 5.41) is 0. The molecule has 1 aliphatic carbocycles. The average molecular weight is 385 g/mol. The van der Waals surface area contributed by atoms with Crippen LogP contribution in [0.25, 0.3) is 0 Å². The van der Waals surface area contributed by atoms with Gasteiger partial charge in [0.15, 0.2) is 0 Å². The maximum absolute atomic E-state index is 13.5. The standard InChI is InChI=1S/C23H28N2O.ClH/c1-23(12-11-17-7-5-6-10-19(17)13-23)22(26)25-15-20(14-24)21(16-25)18-8-3-2-4-9-18;/h2-10,20-21H,11-16,24H2,1H3;1H/t20-,21+,23?;/m1./s1. The predicted octanol–water partition coefficient (Wildman–Crippen LogP) is 3.80. The molecule has 0 spiro atoms. The molecule has 0 aromatic heterocycles. The van der Waals surface area contributed by atoms with Gasteiger partial charge in [-0.05, 0) is 48.4 Å². The Bertz CT molecular complexity index is 794. The van der Waals surface area contributed by atoms with Crippen LogP contribution >= 0.6 is 12.4 Å². The lowest BCUT2D eigenvalue weighted by Gasteiger charge is -2.36. The fourth-order valence-corrected chi connectivity index (χ4v) is 4.81.